The molecule has 0 aromatic heterocycles. The Hall–Kier alpha value is -0.340. The molecular weight excluding hydrogens is 148 g/mol. The van der Waals surface area contributed by atoms with E-state index in [1.807, 2.05) is 0 Å². The highest BCUT2D eigenvalue weighted by atomic mass is 15.2. The van der Waals surface area contributed by atoms with Crippen LogP contribution in [0.2, 0.25) is 0 Å². The molecule has 1 aliphatic rings. The first kappa shape index (κ1) is 9.75. The van der Waals surface area contributed by atoms with Crippen LogP contribution >= 0.6 is 0 Å². The Labute approximate surface area is 75.4 Å². The Balaban J connectivity index is 2.15. The van der Waals surface area contributed by atoms with E-state index < -0.39 is 0 Å². The van der Waals surface area contributed by atoms with Crippen molar-refractivity contribution in [3.8, 4) is 0 Å². The van der Waals surface area contributed by atoms with Gasteiger partial charge in [0, 0.05) is 25.7 Å². The van der Waals surface area contributed by atoms with Crippen molar-refractivity contribution in [2.75, 3.05) is 19.6 Å². The third-order valence-electron chi connectivity index (χ3n) is 2.19. The van der Waals surface area contributed by atoms with Gasteiger partial charge in [-0.2, -0.15) is 0 Å². The third-order valence-corrected chi connectivity index (χ3v) is 2.19. The number of likely N-dealkylation sites (tertiary alicyclic amines) is 1. The summed E-state index contributed by atoms with van der Waals surface area (Å²) in [6.07, 6.45) is 5.67. The molecule has 2 nitrogen and oxygen atoms in total. The van der Waals surface area contributed by atoms with Gasteiger partial charge in [0.25, 0.3) is 0 Å². The number of rotatable bonds is 3. The van der Waals surface area contributed by atoms with Gasteiger partial charge in [0.1, 0.15) is 0 Å². The van der Waals surface area contributed by atoms with E-state index in [4.69, 9.17) is 5.73 Å². The van der Waals surface area contributed by atoms with Crippen molar-refractivity contribution >= 4 is 0 Å². The van der Waals surface area contributed by atoms with Gasteiger partial charge in [-0.3, -0.25) is 4.90 Å². The van der Waals surface area contributed by atoms with Crippen LogP contribution in [0.5, 0.6) is 0 Å². The number of nitrogens with two attached hydrogens (primary N) is 1. The molecule has 2 N–H and O–H groups in total. The summed E-state index contributed by atoms with van der Waals surface area (Å²) in [6, 6.07) is 0.414. The zero-order valence-corrected chi connectivity index (χ0v) is 8.16. The van der Waals surface area contributed by atoms with Crippen molar-refractivity contribution in [2.24, 2.45) is 11.7 Å². The van der Waals surface area contributed by atoms with Gasteiger partial charge in [0.05, 0.1) is 0 Å². The molecule has 70 valence electrons. The molecule has 0 amide bonds. The summed E-state index contributed by atoms with van der Waals surface area (Å²) >= 11 is 0. The molecule has 0 saturated carbocycles. The molecule has 0 aromatic rings. The standard InChI is InChI=1S/C10H20N2/c1-9(2)4-3-6-12-7-5-10(11)8-12/h3-4,9-10H,5-8,11H2,1-2H3/b4-3+. The second kappa shape index (κ2) is 4.63. The molecule has 1 aliphatic heterocycles. The first-order chi connectivity index (χ1) is 5.68. The summed E-state index contributed by atoms with van der Waals surface area (Å²) in [4.78, 5) is 2.41. The fourth-order valence-corrected chi connectivity index (χ4v) is 1.51. The lowest BCUT2D eigenvalue weighted by Gasteiger charge is -2.11. The Morgan fingerprint density at radius 3 is 2.83 bits per heavy atom. The lowest BCUT2D eigenvalue weighted by atomic mass is 10.2. The monoisotopic (exact) mass is 168 g/mol. The van der Waals surface area contributed by atoms with Crippen LogP contribution in [-0.2, 0) is 0 Å². The molecule has 1 rings (SSSR count). The van der Waals surface area contributed by atoms with E-state index in [0.29, 0.717) is 12.0 Å². The average Bonchev–Trinajstić information content (AvgIpc) is 2.35. The van der Waals surface area contributed by atoms with Gasteiger partial charge in [-0.25, -0.2) is 0 Å². The fourth-order valence-electron chi connectivity index (χ4n) is 1.51. The third kappa shape index (κ3) is 3.37. The summed E-state index contributed by atoms with van der Waals surface area (Å²) in [5, 5.41) is 0. The lowest BCUT2D eigenvalue weighted by Crippen LogP contribution is -2.26. The molecule has 0 spiro atoms. The highest BCUT2D eigenvalue weighted by Crippen LogP contribution is 2.06. The Bertz CT molecular complexity index is 152. The van der Waals surface area contributed by atoms with Crippen LogP contribution in [0.4, 0.5) is 0 Å². The minimum absolute atomic E-state index is 0.414. The van der Waals surface area contributed by atoms with Crippen molar-refractivity contribution in [3.63, 3.8) is 0 Å². The predicted octanol–water partition coefficient (Wildman–Crippen LogP) is 1.23. The maximum Gasteiger partial charge on any atom is 0.0180 e. The van der Waals surface area contributed by atoms with Gasteiger partial charge in [0.2, 0.25) is 0 Å². The van der Waals surface area contributed by atoms with Crippen molar-refractivity contribution < 1.29 is 0 Å². The normalized spacial score (nSPS) is 26.2. The number of hydrogen-bond acceptors (Lipinski definition) is 2. The van der Waals surface area contributed by atoms with Crippen LogP contribution in [0.3, 0.4) is 0 Å². The average molecular weight is 168 g/mol. The number of allylic oxidation sites excluding steroid dienone is 1. The van der Waals surface area contributed by atoms with Gasteiger partial charge in [-0.1, -0.05) is 26.0 Å². The van der Waals surface area contributed by atoms with Gasteiger partial charge >= 0.3 is 0 Å². The fraction of sp³-hybridized carbons (Fsp3) is 0.800. The van der Waals surface area contributed by atoms with Crippen molar-refractivity contribution in [1.82, 2.24) is 4.90 Å². The first-order valence-electron chi connectivity index (χ1n) is 4.83. The van der Waals surface area contributed by atoms with E-state index in [1.54, 1.807) is 0 Å². The second-order valence-electron chi connectivity index (χ2n) is 3.98. The van der Waals surface area contributed by atoms with Crippen LogP contribution in [-0.4, -0.2) is 30.6 Å². The highest BCUT2D eigenvalue weighted by Gasteiger charge is 2.16. The van der Waals surface area contributed by atoms with Crippen LogP contribution in [0.25, 0.3) is 0 Å². The molecule has 12 heavy (non-hydrogen) atoms. The quantitative estimate of drug-likeness (QED) is 0.642. The minimum atomic E-state index is 0.414. The molecule has 2 heteroatoms. The Morgan fingerprint density at radius 1 is 1.58 bits per heavy atom. The molecule has 1 saturated heterocycles. The molecule has 0 radical (unpaired) electrons. The zero-order valence-electron chi connectivity index (χ0n) is 8.16. The molecule has 1 fully saturated rings. The van der Waals surface area contributed by atoms with Gasteiger partial charge < -0.3 is 5.73 Å². The summed E-state index contributed by atoms with van der Waals surface area (Å²) in [5.74, 6) is 0.668. The SMILES string of the molecule is CC(C)/C=C/CN1CCC(N)C1. The number of nitrogens with zero attached hydrogens (tertiary/aromatic N) is 1. The van der Waals surface area contributed by atoms with E-state index in [9.17, 15) is 0 Å². The van der Waals surface area contributed by atoms with Crippen molar-refractivity contribution in [1.29, 1.82) is 0 Å². The second-order valence-corrected chi connectivity index (χ2v) is 3.98. The van der Waals surface area contributed by atoms with Crippen LogP contribution in [0, 0.1) is 5.92 Å². The van der Waals surface area contributed by atoms with E-state index in [1.165, 1.54) is 6.54 Å². The Kier molecular flexibility index (Phi) is 3.76. The largest absolute Gasteiger partial charge is 0.326 e. The Morgan fingerprint density at radius 2 is 2.33 bits per heavy atom. The molecular formula is C10H20N2. The smallest absolute Gasteiger partial charge is 0.0180 e. The summed E-state index contributed by atoms with van der Waals surface area (Å²) in [5.41, 5.74) is 5.79. The summed E-state index contributed by atoms with van der Waals surface area (Å²) in [6.45, 7) is 7.72. The van der Waals surface area contributed by atoms with Gasteiger partial charge in [-0.05, 0) is 12.3 Å². The molecule has 1 atom stereocenters. The highest BCUT2D eigenvalue weighted by molar-refractivity contribution is 4.90. The minimum Gasteiger partial charge on any atom is -0.326 e. The topological polar surface area (TPSA) is 29.3 Å². The molecule has 1 heterocycles. The van der Waals surface area contributed by atoms with Crippen molar-refractivity contribution in [3.05, 3.63) is 12.2 Å². The van der Waals surface area contributed by atoms with E-state index in [2.05, 4.69) is 30.9 Å². The van der Waals surface area contributed by atoms with Gasteiger partial charge in [-0.15, -0.1) is 0 Å². The zero-order chi connectivity index (χ0) is 8.97. The predicted molar refractivity (Wildman–Crippen MR) is 53.0 cm³/mol. The van der Waals surface area contributed by atoms with E-state index in [-0.39, 0.29) is 0 Å². The molecule has 0 bridgehead atoms. The first-order valence-corrected chi connectivity index (χ1v) is 4.83. The van der Waals surface area contributed by atoms with Crippen LogP contribution in [0.1, 0.15) is 20.3 Å². The summed E-state index contributed by atoms with van der Waals surface area (Å²) in [7, 11) is 0. The maximum absolute atomic E-state index is 5.79. The lowest BCUT2D eigenvalue weighted by molar-refractivity contribution is 0.371. The molecule has 1 unspecified atom stereocenters. The number of hydrogen-bond donors (Lipinski definition) is 1. The van der Waals surface area contributed by atoms with E-state index >= 15 is 0 Å². The van der Waals surface area contributed by atoms with Crippen LogP contribution < -0.4 is 5.73 Å². The molecule has 0 aromatic carbocycles. The summed E-state index contributed by atoms with van der Waals surface area (Å²) < 4.78 is 0. The van der Waals surface area contributed by atoms with Gasteiger partial charge in [0.15, 0.2) is 0 Å². The maximum atomic E-state index is 5.79. The van der Waals surface area contributed by atoms with Crippen LogP contribution in [0.15, 0.2) is 12.2 Å². The van der Waals surface area contributed by atoms with E-state index in [0.717, 1.165) is 19.5 Å². The molecule has 0 aliphatic carbocycles. The van der Waals surface area contributed by atoms with Crippen molar-refractivity contribution in [2.45, 2.75) is 26.3 Å².